The lowest BCUT2D eigenvalue weighted by Crippen LogP contribution is -2.26. The van der Waals surface area contributed by atoms with Gasteiger partial charge in [0.25, 0.3) is 0 Å². The van der Waals surface area contributed by atoms with Crippen molar-refractivity contribution in [3.8, 4) is 5.75 Å². The second-order valence-corrected chi connectivity index (χ2v) is 8.38. The summed E-state index contributed by atoms with van der Waals surface area (Å²) in [5.41, 5.74) is -0.251. The summed E-state index contributed by atoms with van der Waals surface area (Å²) in [4.78, 5) is 4.25. The van der Waals surface area contributed by atoms with Crippen molar-refractivity contribution in [3.05, 3.63) is 34.9 Å². The van der Waals surface area contributed by atoms with E-state index in [1.54, 1.807) is 6.07 Å². The first-order valence-electron chi connectivity index (χ1n) is 7.30. The van der Waals surface area contributed by atoms with Gasteiger partial charge in [0.1, 0.15) is 10.6 Å². The van der Waals surface area contributed by atoms with Crippen LogP contribution in [0.15, 0.2) is 27.6 Å². The molecule has 0 aliphatic heterocycles. The van der Waals surface area contributed by atoms with Crippen LogP contribution in [-0.4, -0.2) is 32.2 Å². The Balaban J connectivity index is 2.06. The molecule has 1 heterocycles. The second-order valence-electron chi connectivity index (χ2n) is 6.21. The summed E-state index contributed by atoms with van der Waals surface area (Å²) >= 11 is 5.88. The number of ether oxygens (including phenoxy) is 1. The number of hydrogen-bond acceptors (Lipinski definition) is 6. The molecule has 1 N–H and O–H groups in total. The van der Waals surface area contributed by atoms with Crippen molar-refractivity contribution in [2.24, 2.45) is 0 Å². The predicted molar refractivity (Wildman–Crippen MR) is 89.9 cm³/mol. The van der Waals surface area contributed by atoms with Gasteiger partial charge in [0, 0.05) is 23.4 Å². The Morgan fingerprint density at radius 3 is 2.62 bits per heavy atom. The van der Waals surface area contributed by atoms with E-state index in [1.807, 2.05) is 20.8 Å². The van der Waals surface area contributed by atoms with Gasteiger partial charge in [-0.05, 0) is 18.2 Å². The third kappa shape index (κ3) is 4.46. The summed E-state index contributed by atoms with van der Waals surface area (Å²) in [6, 6.07) is 4.41. The third-order valence-electron chi connectivity index (χ3n) is 3.17. The van der Waals surface area contributed by atoms with Crippen LogP contribution in [0.1, 0.15) is 32.5 Å². The molecule has 0 bridgehead atoms. The minimum Gasteiger partial charge on any atom is -0.495 e. The van der Waals surface area contributed by atoms with Gasteiger partial charge in [0.15, 0.2) is 5.82 Å². The smallest absolute Gasteiger partial charge is 0.244 e. The van der Waals surface area contributed by atoms with E-state index in [9.17, 15) is 8.42 Å². The molecule has 7 nitrogen and oxygen atoms in total. The van der Waals surface area contributed by atoms with Crippen LogP contribution >= 0.6 is 11.6 Å². The van der Waals surface area contributed by atoms with Crippen LogP contribution in [0.2, 0.25) is 5.02 Å². The Bertz CT molecular complexity index is 812. The quantitative estimate of drug-likeness (QED) is 0.836. The molecular formula is C15H20ClN3O4S. The average Bonchev–Trinajstić information content (AvgIpc) is 2.96. The predicted octanol–water partition coefficient (Wildman–Crippen LogP) is 2.55. The first-order valence-corrected chi connectivity index (χ1v) is 9.16. The minimum atomic E-state index is -3.76. The molecular weight excluding hydrogens is 354 g/mol. The summed E-state index contributed by atoms with van der Waals surface area (Å²) in [6.45, 7) is 6.00. The molecule has 0 fully saturated rings. The van der Waals surface area contributed by atoms with Crippen LogP contribution in [0.25, 0.3) is 0 Å². The van der Waals surface area contributed by atoms with Crippen LogP contribution in [0.3, 0.4) is 0 Å². The molecule has 0 atom stereocenters. The molecule has 132 valence electrons. The number of sulfonamides is 1. The zero-order valence-electron chi connectivity index (χ0n) is 14.0. The van der Waals surface area contributed by atoms with Gasteiger partial charge in [-0.2, -0.15) is 4.98 Å². The molecule has 2 rings (SSSR count). The van der Waals surface area contributed by atoms with Crippen molar-refractivity contribution < 1.29 is 17.7 Å². The molecule has 2 aromatic rings. The lowest BCUT2D eigenvalue weighted by Gasteiger charge is -2.11. The molecule has 0 saturated heterocycles. The van der Waals surface area contributed by atoms with Crippen LogP contribution in [0.5, 0.6) is 5.75 Å². The van der Waals surface area contributed by atoms with Gasteiger partial charge in [0.05, 0.1) is 7.11 Å². The van der Waals surface area contributed by atoms with E-state index in [0.717, 1.165) is 0 Å². The Hall–Kier alpha value is -1.64. The highest BCUT2D eigenvalue weighted by molar-refractivity contribution is 7.89. The normalized spacial score (nSPS) is 12.4. The van der Waals surface area contributed by atoms with Crippen molar-refractivity contribution in [2.45, 2.75) is 37.5 Å². The molecule has 1 aromatic heterocycles. The molecule has 0 unspecified atom stereocenters. The molecule has 0 aliphatic rings. The van der Waals surface area contributed by atoms with Crippen molar-refractivity contribution in [2.75, 3.05) is 13.7 Å². The lowest BCUT2D eigenvalue weighted by molar-refractivity contribution is 0.318. The maximum Gasteiger partial charge on any atom is 0.244 e. The highest BCUT2D eigenvalue weighted by atomic mass is 35.5. The summed E-state index contributed by atoms with van der Waals surface area (Å²) in [6.07, 6.45) is 0.307. The standard InChI is InChI=1S/C15H20ClN3O4S/c1-15(2,3)14-18-13(19-23-14)7-8-17-24(20,21)12-9-10(16)5-6-11(12)22-4/h5-6,9,17H,7-8H2,1-4H3. The fraction of sp³-hybridized carbons (Fsp3) is 0.467. The number of nitrogens with zero attached hydrogens (tertiary/aromatic N) is 2. The number of aromatic nitrogens is 2. The maximum atomic E-state index is 12.4. The number of rotatable bonds is 6. The van der Waals surface area contributed by atoms with E-state index < -0.39 is 10.0 Å². The van der Waals surface area contributed by atoms with Crippen LogP contribution < -0.4 is 9.46 Å². The number of halogens is 1. The summed E-state index contributed by atoms with van der Waals surface area (Å²) in [5, 5.41) is 4.17. The van der Waals surface area contributed by atoms with Crippen LogP contribution in [0, 0.1) is 0 Å². The van der Waals surface area contributed by atoms with E-state index in [0.29, 0.717) is 23.2 Å². The molecule has 0 saturated carbocycles. The van der Waals surface area contributed by atoms with E-state index in [2.05, 4.69) is 14.9 Å². The van der Waals surface area contributed by atoms with Crippen molar-refractivity contribution in [1.29, 1.82) is 0 Å². The van der Waals surface area contributed by atoms with Gasteiger partial charge in [0.2, 0.25) is 15.9 Å². The lowest BCUT2D eigenvalue weighted by atomic mass is 9.97. The third-order valence-corrected chi connectivity index (χ3v) is 4.88. The van der Waals surface area contributed by atoms with Crippen LogP contribution in [0.4, 0.5) is 0 Å². The fourth-order valence-electron chi connectivity index (χ4n) is 1.90. The number of hydrogen-bond donors (Lipinski definition) is 1. The number of methoxy groups -OCH3 is 1. The first kappa shape index (κ1) is 18.7. The van der Waals surface area contributed by atoms with E-state index in [4.69, 9.17) is 20.9 Å². The Morgan fingerprint density at radius 2 is 2.04 bits per heavy atom. The topological polar surface area (TPSA) is 94.3 Å². The van der Waals surface area contributed by atoms with Gasteiger partial charge >= 0.3 is 0 Å². The van der Waals surface area contributed by atoms with Crippen LogP contribution in [-0.2, 0) is 21.9 Å². The molecule has 0 aliphatic carbocycles. The van der Waals surface area contributed by atoms with Crippen molar-refractivity contribution in [1.82, 2.24) is 14.9 Å². The molecule has 9 heteroatoms. The van der Waals surface area contributed by atoms with E-state index in [-0.39, 0.29) is 22.6 Å². The largest absolute Gasteiger partial charge is 0.495 e. The number of benzene rings is 1. The Labute approximate surface area is 146 Å². The molecule has 24 heavy (non-hydrogen) atoms. The highest BCUT2D eigenvalue weighted by Gasteiger charge is 2.23. The average molecular weight is 374 g/mol. The fourth-order valence-corrected chi connectivity index (χ4v) is 3.36. The van der Waals surface area contributed by atoms with Gasteiger partial charge in [-0.25, -0.2) is 13.1 Å². The summed E-state index contributed by atoms with van der Waals surface area (Å²) in [5.74, 6) is 1.18. The molecule has 1 aromatic carbocycles. The van der Waals surface area contributed by atoms with Gasteiger partial charge < -0.3 is 9.26 Å². The maximum absolute atomic E-state index is 12.4. The van der Waals surface area contributed by atoms with E-state index >= 15 is 0 Å². The SMILES string of the molecule is COc1ccc(Cl)cc1S(=O)(=O)NCCc1noc(C(C)(C)C)n1. The first-order chi connectivity index (χ1) is 11.1. The Kier molecular flexibility index (Phi) is 5.52. The zero-order chi connectivity index (χ0) is 18.0. The summed E-state index contributed by atoms with van der Waals surface area (Å²) in [7, 11) is -2.36. The van der Waals surface area contributed by atoms with Gasteiger partial charge in [-0.15, -0.1) is 0 Å². The number of nitrogens with one attached hydrogen (secondary N) is 1. The van der Waals surface area contributed by atoms with Crippen molar-refractivity contribution >= 4 is 21.6 Å². The van der Waals surface area contributed by atoms with Gasteiger partial charge in [-0.1, -0.05) is 37.5 Å². The highest BCUT2D eigenvalue weighted by Crippen LogP contribution is 2.26. The molecule has 0 amide bonds. The summed E-state index contributed by atoms with van der Waals surface area (Å²) < 4.78 is 37.5. The zero-order valence-corrected chi connectivity index (χ0v) is 15.5. The molecule has 0 spiro atoms. The second kappa shape index (κ2) is 7.08. The Morgan fingerprint density at radius 1 is 1.33 bits per heavy atom. The van der Waals surface area contributed by atoms with Gasteiger partial charge in [-0.3, -0.25) is 0 Å². The minimum absolute atomic E-state index is 0.0130. The van der Waals surface area contributed by atoms with E-state index in [1.165, 1.54) is 19.2 Å². The molecule has 0 radical (unpaired) electrons. The van der Waals surface area contributed by atoms with Crippen molar-refractivity contribution in [3.63, 3.8) is 0 Å². The monoisotopic (exact) mass is 373 g/mol.